The van der Waals surface area contributed by atoms with Crippen LogP contribution in [-0.4, -0.2) is 71.6 Å². The minimum absolute atomic E-state index is 0.0915. The van der Waals surface area contributed by atoms with Crippen LogP contribution in [0.3, 0.4) is 0 Å². The van der Waals surface area contributed by atoms with E-state index >= 15 is 0 Å². The number of esters is 1. The predicted octanol–water partition coefficient (Wildman–Crippen LogP) is 2.27. The Balaban J connectivity index is 1.93. The Morgan fingerprint density at radius 3 is 2.23 bits per heavy atom. The van der Waals surface area contributed by atoms with Crippen LogP contribution in [0.4, 0.5) is 10.5 Å². The molecule has 258 valence electrons. The van der Waals surface area contributed by atoms with Crippen molar-refractivity contribution in [2.75, 3.05) is 18.4 Å². The van der Waals surface area contributed by atoms with Gasteiger partial charge in [0.1, 0.15) is 18.7 Å². The average molecular weight is 657 g/mol. The molecule has 0 radical (unpaired) electrons. The molecule has 1 aromatic rings. The number of unbranched alkanes of at least 4 members (excludes halogenated alkanes) is 2. The Hall–Kier alpha value is -4.75. The van der Waals surface area contributed by atoms with Gasteiger partial charge in [-0.3, -0.25) is 33.7 Å². The standard InChI is InChI=1S/C33H48N6O8/c1-20(2)25-18-28(42)39(32(25)45)17-8-6-7-11-27(41)38-29(21(3)4)31(44)37-26(10-9-16-35-33(34)46)30(43)36-24-14-12-23(13-15-24)19-47-22(5)40/h12-15,21,25-26,29H,1,6-11,16-19H2,2-5H3,(H,36,43)(H,37,44)(H,38,41)(H3,34,35,46)/t25?,26-,29-/m0/s1. The van der Waals surface area contributed by atoms with E-state index in [1.54, 1.807) is 45.0 Å². The van der Waals surface area contributed by atoms with Gasteiger partial charge >= 0.3 is 12.0 Å². The number of amides is 7. The molecule has 0 aliphatic carbocycles. The number of anilines is 1. The third kappa shape index (κ3) is 13.3. The van der Waals surface area contributed by atoms with Gasteiger partial charge in [-0.2, -0.15) is 0 Å². The first kappa shape index (κ1) is 38.4. The molecule has 1 fully saturated rings. The second-order valence-electron chi connectivity index (χ2n) is 12.0. The average Bonchev–Trinajstić information content (AvgIpc) is 3.29. The van der Waals surface area contributed by atoms with Crippen molar-refractivity contribution in [1.29, 1.82) is 0 Å². The number of urea groups is 1. The highest BCUT2D eigenvalue weighted by Crippen LogP contribution is 2.25. The molecule has 14 nitrogen and oxygen atoms in total. The molecule has 1 aliphatic rings. The van der Waals surface area contributed by atoms with Crippen LogP contribution in [0.2, 0.25) is 0 Å². The molecule has 1 heterocycles. The first-order valence-electron chi connectivity index (χ1n) is 15.8. The Labute approximate surface area is 275 Å². The number of carbonyl (C=O) groups excluding carboxylic acids is 7. The third-order valence-corrected chi connectivity index (χ3v) is 7.66. The van der Waals surface area contributed by atoms with Gasteiger partial charge in [-0.15, -0.1) is 0 Å². The SMILES string of the molecule is C=C(C)C1CC(=O)N(CCCCCC(=O)N[C@H](C(=O)N[C@@H](CCCNC(N)=O)C(=O)Nc2ccc(COC(C)=O)cc2)C(C)C)C1=O. The topological polar surface area (TPSA) is 206 Å². The van der Waals surface area contributed by atoms with Crippen LogP contribution < -0.4 is 27.0 Å². The first-order valence-corrected chi connectivity index (χ1v) is 15.8. The molecule has 1 unspecified atom stereocenters. The molecule has 1 saturated heterocycles. The lowest BCUT2D eigenvalue weighted by Gasteiger charge is -2.25. The molecule has 1 aliphatic heterocycles. The molecule has 3 atom stereocenters. The quantitative estimate of drug-likeness (QED) is 0.0645. The van der Waals surface area contributed by atoms with Crippen LogP contribution in [0.25, 0.3) is 0 Å². The molecule has 0 aromatic heterocycles. The summed E-state index contributed by atoms with van der Waals surface area (Å²) in [5.74, 6) is -2.97. The van der Waals surface area contributed by atoms with Crippen molar-refractivity contribution >= 4 is 47.2 Å². The fourth-order valence-corrected chi connectivity index (χ4v) is 4.96. The third-order valence-electron chi connectivity index (χ3n) is 7.66. The molecule has 1 aromatic carbocycles. The summed E-state index contributed by atoms with van der Waals surface area (Å²) < 4.78 is 4.97. The monoisotopic (exact) mass is 656 g/mol. The minimum Gasteiger partial charge on any atom is -0.461 e. The molecule has 47 heavy (non-hydrogen) atoms. The van der Waals surface area contributed by atoms with Crippen LogP contribution in [-0.2, 0) is 40.1 Å². The number of nitrogens with one attached hydrogen (secondary N) is 4. The number of rotatable bonds is 19. The maximum absolute atomic E-state index is 13.3. The summed E-state index contributed by atoms with van der Waals surface area (Å²) in [6.07, 6.45) is 2.46. The van der Waals surface area contributed by atoms with Crippen LogP contribution in [0.1, 0.15) is 78.2 Å². The van der Waals surface area contributed by atoms with Crippen molar-refractivity contribution in [2.45, 2.75) is 91.3 Å². The second kappa shape index (κ2) is 19.0. The van der Waals surface area contributed by atoms with E-state index in [9.17, 15) is 33.6 Å². The number of hydrogen-bond donors (Lipinski definition) is 5. The molecular formula is C33H48N6O8. The Morgan fingerprint density at radius 2 is 1.66 bits per heavy atom. The van der Waals surface area contributed by atoms with Crippen molar-refractivity contribution in [3.05, 3.63) is 42.0 Å². The van der Waals surface area contributed by atoms with Gasteiger partial charge in [0.2, 0.25) is 29.5 Å². The Morgan fingerprint density at radius 1 is 0.979 bits per heavy atom. The predicted molar refractivity (Wildman–Crippen MR) is 174 cm³/mol. The lowest BCUT2D eigenvalue weighted by Crippen LogP contribution is -2.54. The smallest absolute Gasteiger partial charge is 0.312 e. The summed E-state index contributed by atoms with van der Waals surface area (Å²) in [5.41, 5.74) is 6.98. The minimum atomic E-state index is -0.989. The summed E-state index contributed by atoms with van der Waals surface area (Å²) in [5, 5.41) is 10.7. The van der Waals surface area contributed by atoms with Crippen molar-refractivity contribution in [3.63, 3.8) is 0 Å². The number of likely N-dealkylation sites (tertiary alicyclic amines) is 1. The van der Waals surface area contributed by atoms with E-state index in [4.69, 9.17) is 10.5 Å². The van der Waals surface area contributed by atoms with Crippen molar-refractivity contribution in [1.82, 2.24) is 20.9 Å². The molecule has 2 rings (SSSR count). The van der Waals surface area contributed by atoms with Gasteiger partial charge in [0, 0.05) is 38.5 Å². The molecule has 7 amide bonds. The van der Waals surface area contributed by atoms with E-state index in [0.717, 1.165) is 5.56 Å². The van der Waals surface area contributed by atoms with E-state index in [-0.39, 0.29) is 62.6 Å². The van der Waals surface area contributed by atoms with Gasteiger partial charge in [0.05, 0.1) is 5.92 Å². The van der Waals surface area contributed by atoms with Gasteiger partial charge < -0.3 is 31.7 Å². The van der Waals surface area contributed by atoms with Gasteiger partial charge in [-0.05, 0) is 56.2 Å². The molecular weight excluding hydrogens is 608 g/mol. The number of nitrogens with two attached hydrogens (primary N) is 1. The van der Waals surface area contributed by atoms with E-state index in [0.29, 0.717) is 36.9 Å². The normalized spacial score (nSPS) is 15.5. The summed E-state index contributed by atoms with van der Waals surface area (Å²) in [7, 11) is 0. The van der Waals surface area contributed by atoms with Gasteiger partial charge in [-0.25, -0.2) is 4.79 Å². The zero-order valence-electron chi connectivity index (χ0n) is 27.7. The van der Waals surface area contributed by atoms with Crippen LogP contribution in [0, 0.1) is 11.8 Å². The number of nitrogens with zero attached hydrogens (tertiary/aromatic N) is 1. The summed E-state index contributed by atoms with van der Waals surface area (Å²) in [6.45, 7) is 11.0. The largest absolute Gasteiger partial charge is 0.461 e. The molecule has 0 bridgehead atoms. The fourth-order valence-electron chi connectivity index (χ4n) is 4.96. The highest BCUT2D eigenvalue weighted by Gasteiger charge is 2.38. The Kier molecular flexibility index (Phi) is 15.6. The van der Waals surface area contributed by atoms with Gasteiger partial charge in [0.25, 0.3) is 0 Å². The number of carbonyl (C=O) groups is 7. The first-order chi connectivity index (χ1) is 22.2. The summed E-state index contributed by atoms with van der Waals surface area (Å²) in [4.78, 5) is 87.3. The van der Waals surface area contributed by atoms with Crippen molar-refractivity contribution in [2.24, 2.45) is 17.6 Å². The van der Waals surface area contributed by atoms with Crippen LogP contribution in [0.5, 0.6) is 0 Å². The number of benzene rings is 1. The van der Waals surface area contributed by atoms with E-state index in [1.807, 2.05) is 0 Å². The zero-order chi connectivity index (χ0) is 35.1. The van der Waals surface area contributed by atoms with Crippen LogP contribution >= 0.6 is 0 Å². The maximum atomic E-state index is 13.3. The Bertz CT molecular complexity index is 1310. The number of hydrogen-bond acceptors (Lipinski definition) is 8. The fraction of sp³-hybridized carbons (Fsp3) is 0.545. The highest BCUT2D eigenvalue weighted by atomic mass is 16.5. The van der Waals surface area contributed by atoms with E-state index in [2.05, 4.69) is 27.8 Å². The number of primary amides is 1. The molecule has 0 spiro atoms. The van der Waals surface area contributed by atoms with Crippen molar-refractivity contribution < 1.29 is 38.3 Å². The zero-order valence-corrected chi connectivity index (χ0v) is 27.7. The van der Waals surface area contributed by atoms with Gasteiger partial charge in [-0.1, -0.05) is 44.6 Å². The summed E-state index contributed by atoms with van der Waals surface area (Å²) >= 11 is 0. The molecule has 14 heteroatoms. The van der Waals surface area contributed by atoms with Gasteiger partial charge in [0.15, 0.2) is 0 Å². The van der Waals surface area contributed by atoms with E-state index < -0.39 is 41.8 Å². The number of ether oxygens (including phenoxy) is 1. The van der Waals surface area contributed by atoms with Crippen LogP contribution in [0.15, 0.2) is 36.4 Å². The molecule has 0 saturated carbocycles. The second-order valence-corrected chi connectivity index (χ2v) is 12.0. The lowest BCUT2D eigenvalue weighted by molar-refractivity contribution is -0.142. The van der Waals surface area contributed by atoms with E-state index in [1.165, 1.54) is 11.8 Å². The molecule has 6 N–H and O–H groups in total. The highest BCUT2D eigenvalue weighted by molar-refractivity contribution is 6.04. The maximum Gasteiger partial charge on any atom is 0.312 e. The lowest BCUT2D eigenvalue weighted by atomic mass is 10.0. The van der Waals surface area contributed by atoms with Crippen molar-refractivity contribution in [3.8, 4) is 0 Å². The number of imide groups is 1. The summed E-state index contributed by atoms with van der Waals surface area (Å²) in [6, 6.07) is 4.05.